The summed E-state index contributed by atoms with van der Waals surface area (Å²) >= 11 is 1.73. The van der Waals surface area contributed by atoms with E-state index in [9.17, 15) is 9.50 Å². The summed E-state index contributed by atoms with van der Waals surface area (Å²) in [4.78, 5) is 0. The Morgan fingerprint density at radius 1 is 1.50 bits per heavy atom. The first-order valence-electron chi connectivity index (χ1n) is 4.52. The van der Waals surface area contributed by atoms with Crippen molar-refractivity contribution in [2.45, 2.75) is 18.3 Å². The number of hydrogen-bond acceptors (Lipinski definition) is 3. The van der Waals surface area contributed by atoms with Gasteiger partial charge in [0.2, 0.25) is 0 Å². The van der Waals surface area contributed by atoms with Crippen molar-refractivity contribution >= 4 is 11.8 Å². The fourth-order valence-corrected chi connectivity index (χ4v) is 2.77. The second-order valence-corrected chi connectivity index (χ2v) is 4.66. The monoisotopic (exact) mass is 213 g/mol. The van der Waals surface area contributed by atoms with E-state index in [2.05, 4.69) is 12.2 Å². The molecule has 1 aliphatic rings. The Labute approximate surface area is 86.5 Å². The smallest absolute Gasteiger partial charge is 0.127 e. The van der Waals surface area contributed by atoms with Gasteiger partial charge in [-0.25, -0.2) is 4.39 Å². The van der Waals surface area contributed by atoms with Gasteiger partial charge in [-0.3, -0.25) is 5.32 Å². The molecular weight excluding hydrogens is 201 g/mol. The molecule has 0 aliphatic carbocycles. The largest absolute Gasteiger partial charge is 0.508 e. The van der Waals surface area contributed by atoms with Crippen molar-refractivity contribution in [1.29, 1.82) is 0 Å². The van der Waals surface area contributed by atoms with Crippen LogP contribution in [0, 0.1) is 5.82 Å². The molecule has 1 heterocycles. The molecule has 0 saturated carbocycles. The molecule has 2 rings (SSSR count). The molecule has 1 saturated heterocycles. The predicted molar refractivity (Wildman–Crippen MR) is 55.9 cm³/mol. The van der Waals surface area contributed by atoms with Crippen molar-refractivity contribution < 1.29 is 9.50 Å². The fourth-order valence-electron chi connectivity index (χ4n) is 1.54. The van der Waals surface area contributed by atoms with Gasteiger partial charge in [-0.1, -0.05) is 0 Å². The average molecular weight is 213 g/mol. The summed E-state index contributed by atoms with van der Waals surface area (Å²) in [6.45, 7) is 2.09. The zero-order chi connectivity index (χ0) is 10.1. The van der Waals surface area contributed by atoms with Crippen molar-refractivity contribution in [1.82, 2.24) is 5.32 Å². The average Bonchev–Trinajstić information content (AvgIpc) is 2.50. The van der Waals surface area contributed by atoms with Crippen molar-refractivity contribution in [2.24, 2.45) is 0 Å². The SMILES string of the molecule is CC1CSC(c2cc(O)cc(F)c2)N1. The Balaban J connectivity index is 2.23. The number of phenols is 1. The second kappa shape index (κ2) is 3.79. The van der Waals surface area contributed by atoms with Gasteiger partial charge in [0, 0.05) is 17.9 Å². The lowest BCUT2D eigenvalue weighted by atomic mass is 10.2. The number of hydrogen-bond donors (Lipinski definition) is 2. The Hall–Kier alpha value is -0.740. The van der Waals surface area contributed by atoms with Gasteiger partial charge in [-0.05, 0) is 24.6 Å². The van der Waals surface area contributed by atoms with Gasteiger partial charge in [0.15, 0.2) is 0 Å². The van der Waals surface area contributed by atoms with Crippen molar-refractivity contribution in [3.63, 3.8) is 0 Å². The maximum absolute atomic E-state index is 13.0. The molecule has 76 valence electrons. The van der Waals surface area contributed by atoms with Crippen LogP contribution in [0.2, 0.25) is 0 Å². The number of thioether (sulfide) groups is 1. The van der Waals surface area contributed by atoms with Gasteiger partial charge < -0.3 is 5.11 Å². The number of phenolic OH excluding ortho intramolecular Hbond substituents is 1. The molecule has 4 heteroatoms. The number of benzene rings is 1. The van der Waals surface area contributed by atoms with Gasteiger partial charge in [0.25, 0.3) is 0 Å². The summed E-state index contributed by atoms with van der Waals surface area (Å²) in [5, 5.41) is 12.7. The first-order valence-corrected chi connectivity index (χ1v) is 5.57. The minimum Gasteiger partial charge on any atom is -0.508 e. The molecule has 0 spiro atoms. The molecule has 0 bridgehead atoms. The van der Waals surface area contributed by atoms with Crippen LogP contribution in [0.15, 0.2) is 18.2 Å². The highest BCUT2D eigenvalue weighted by Crippen LogP contribution is 2.34. The third kappa shape index (κ3) is 2.01. The van der Waals surface area contributed by atoms with Crippen LogP contribution in [0.3, 0.4) is 0 Å². The standard InChI is InChI=1S/C10H12FNOS/c1-6-5-14-10(12-6)7-2-8(11)4-9(13)3-7/h2-4,6,10,12-13H,5H2,1H3. The number of nitrogens with one attached hydrogen (secondary N) is 1. The lowest BCUT2D eigenvalue weighted by Crippen LogP contribution is -2.21. The first-order chi connectivity index (χ1) is 6.65. The van der Waals surface area contributed by atoms with Crippen molar-refractivity contribution in [3.8, 4) is 5.75 Å². The molecule has 1 fully saturated rings. The molecule has 0 aromatic heterocycles. The van der Waals surface area contributed by atoms with E-state index in [1.165, 1.54) is 6.07 Å². The number of aromatic hydroxyl groups is 1. The topological polar surface area (TPSA) is 32.3 Å². The minimum absolute atomic E-state index is 0.0121. The van der Waals surface area contributed by atoms with Crippen LogP contribution in [0.25, 0.3) is 0 Å². The third-order valence-corrected chi connectivity index (χ3v) is 3.59. The highest BCUT2D eigenvalue weighted by atomic mass is 32.2. The van der Waals surface area contributed by atoms with Crippen LogP contribution in [0.5, 0.6) is 5.75 Å². The normalized spacial score (nSPS) is 26.7. The van der Waals surface area contributed by atoms with Gasteiger partial charge >= 0.3 is 0 Å². The van der Waals surface area contributed by atoms with Gasteiger partial charge in [-0.15, -0.1) is 11.8 Å². The molecule has 2 atom stereocenters. The van der Waals surface area contributed by atoms with E-state index in [0.29, 0.717) is 6.04 Å². The Morgan fingerprint density at radius 2 is 2.29 bits per heavy atom. The van der Waals surface area contributed by atoms with Crippen LogP contribution in [-0.2, 0) is 0 Å². The molecule has 2 nitrogen and oxygen atoms in total. The van der Waals surface area contributed by atoms with Gasteiger partial charge in [0.05, 0.1) is 5.37 Å². The zero-order valence-electron chi connectivity index (χ0n) is 7.83. The van der Waals surface area contributed by atoms with Crippen LogP contribution in [0.1, 0.15) is 17.9 Å². The lowest BCUT2D eigenvalue weighted by molar-refractivity contribution is 0.467. The lowest BCUT2D eigenvalue weighted by Gasteiger charge is -2.11. The van der Waals surface area contributed by atoms with Gasteiger partial charge in [0.1, 0.15) is 11.6 Å². The molecule has 1 aliphatic heterocycles. The van der Waals surface area contributed by atoms with E-state index < -0.39 is 0 Å². The van der Waals surface area contributed by atoms with E-state index in [1.54, 1.807) is 17.8 Å². The zero-order valence-corrected chi connectivity index (χ0v) is 8.64. The second-order valence-electron chi connectivity index (χ2n) is 3.52. The van der Waals surface area contributed by atoms with E-state index in [1.807, 2.05) is 0 Å². The molecule has 0 radical (unpaired) electrons. The van der Waals surface area contributed by atoms with Crippen molar-refractivity contribution in [3.05, 3.63) is 29.6 Å². The molecule has 14 heavy (non-hydrogen) atoms. The summed E-state index contributed by atoms with van der Waals surface area (Å²) in [7, 11) is 0. The molecule has 2 N–H and O–H groups in total. The summed E-state index contributed by atoms with van der Waals surface area (Å²) in [6, 6.07) is 4.62. The summed E-state index contributed by atoms with van der Waals surface area (Å²) in [5.41, 5.74) is 0.803. The van der Waals surface area contributed by atoms with Crippen LogP contribution < -0.4 is 5.32 Å². The van der Waals surface area contributed by atoms with E-state index in [4.69, 9.17) is 0 Å². The summed E-state index contributed by atoms with van der Waals surface area (Å²) < 4.78 is 13.0. The van der Waals surface area contributed by atoms with Crippen molar-refractivity contribution in [2.75, 3.05) is 5.75 Å². The predicted octanol–water partition coefficient (Wildman–Crippen LogP) is 2.25. The molecule has 0 amide bonds. The first kappa shape index (κ1) is 9.80. The van der Waals surface area contributed by atoms with Gasteiger partial charge in [-0.2, -0.15) is 0 Å². The highest BCUT2D eigenvalue weighted by molar-refractivity contribution is 7.99. The van der Waals surface area contributed by atoms with E-state index in [0.717, 1.165) is 17.4 Å². The molecule has 2 unspecified atom stereocenters. The maximum atomic E-state index is 13.0. The third-order valence-electron chi connectivity index (χ3n) is 2.16. The Morgan fingerprint density at radius 3 is 2.86 bits per heavy atom. The number of rotatable bonds is 1. The van der Waals surface area contributed by atoms with Crippen LogP contribution in [0.4, 0.5) is 4.39 Å². The highest BCUT2D eigenvalue weighted by Gasteiger charge is 2.22. The Kier molecular flexibility index (Phi) is 2.65. The molecular formula is C10H12FNOS. The maximum Gasteiger partial charge on any atom is 0.127 e. The van der Waals surface area contributed by atoms with E-state index >= 15 is 0 Å². The number of halogens is 1. The van der Waals surface area contributed by atoms with E-state index in [-0.39, 0.29) is 16.9 Å². The van der Waals surface area contributed by atoms with Crippen LogP contribution >= 0.6 is 11.8 Å². The van der Waals surface area contributed by atoms with Crippen LogP contribution in [-0.4, -0.2) is 16.9 Å². The molecule has 1 aromatic carbocycles. The summed E-state index contributed by atoms with van der Waals surface area (Å²) in [6.07, 6.45) is 0. The summed E-state index contributed by atoms with van der Waals surface area (Å²) in [5.74, 6) is 0.617. The Bertz CT molecular complexity index is 325. The molecule has 1 aromatic rings. The quantitative estimate of drug-likeness (QED) is 0.750. The fraction of sp³-hybridized carbons (Fsp3) is 0.400. The minimum atomic E-state index is -0.387.